The van der Waals surface area contributed by atoms with Crippen LogP contribution in [0.15, 0.2) is 24.3 Å². The van der Waals surface area contributed by atoms with Crippen molar-refractivity contribution in [3.05, 3.63) is 35.5 Å². The number of ether oxygens (including phenoxy) is 1. The van der Waals surface area contributed by atoms with Crippen molar-refractivity contribution < 1.29 is 14.3 Å². The molecular formula is C17H21N3O3. The standard InChI is InChI=1S/C17H21N3O3/c1-12-16(13-5-3-4-6-14(13)18-12)17(22)20-9-7-19(8-10-20)15(21)11-23-2/h3-6,18H,7-11H2,1-2H3. The summed E-state index contributed by atoms with van der Waals surface area (Å²) in [5.41, 5.74) is 2.59. The molecule has 2 heterocycles. The molecule has 1 aromatic heterocycles. The molecular weight excluding hydrogens is 294 g/mol. The zero-order chi connectivity index (χ0) is 16.4. The first-order chi connectivity index (χ1) is 11.1. The van der Waals surface area contributed by atoms with Gasteiger partial charge in [-0.05, 0) is 13.0 Å². The van der Waals surface area contributed by atoms with Crippen LogP contribution in [0.2, 0.25) is 0 Å². The molecule has 1 N–H and O–H groups in total. The summed E-state index contributed by atoms with van der Waals surface area (Å²) in [6.45, 7) is 4.21. The van der Waals surface area contributed by atoms with Crippen LogP contribution in [0.1, 0.15) is 16.1 Å². The van der Waals surface area contributed by atoms with Gasteiger partial charge in [-0.1, -0.05) is 18.2 Å². The van der Waals surface area contributed by atoms with Gasteiger partial charge in [-0.25, -0.2) is 0 Å². The molecule has 1 aliphatic rings. The number of hydrogen-bond donors (Lipinski definition) is 1. The third-order valence-electron chi connectivity index (χ3n) is 4.29. The molecule has 2 aromatic rings. The number of nitrogens with zero attached hydrogens (tertiary/aromatic N) is 2. The second-order valence-electron chi connectivity index (χ2n) is 5.78. The summed E-state index contributed by atoms with van der Waals surface area (Å²) in [6, 6.07) is 7.82. The van der Waals surface area contributed by atoms with Crippen molar-refractivity contribution in [2.24, 2.45) is 0 Å². The van der Waals surface area contributed by atoms with Crippen molar-refractivity contribution >= 4 is 22.7 Å². The Kier molecular flexibility index (Phi) is 4.34. The number of hydrogen-bond acceptors (Lipinski definition) is 3. The van der Waals surface area contributed by atoms with E-state index in [0.29, 0.717) is 26.2 Å². The molecule has 6 nitrogen and oxygen atoms in total. The highest BCUT2D eigenvalue weighted by molar-refractivity contribution is 6.08. The molecule has 0 aliphatic carbocycles. The van der Waals surface area contributed by atoms with E-state index in [1.54, 1.807) is 4.90 Å². The molecule has 0 bridgehead atoms. The molecule has 23 heavy (non-hydrogen) atoms. The molecule has 1 aromatic carbocycles. The van der Waals surface area contributed by atoms with E-state index in [9.17, 15) is 9.59 Å². The van der Waals surface area contributed by atoms with Crippen molar-refractivity contribution in [1.29, 1.82) is 0 Å². The first kappa shape index (κ1) is 15.6. The second-order valence-corrected chi connectivity index (χ2v) is 5.78. The Bertz CT molecular complexity index is 730. The minimum Gasteiger partial charge on any atom is -0.375 e. The number of methoxy groups -OCH3 is 1. The van der Waals surface area contributed by atoms with Crippen LogP contribution in [0.4, 0.5) is 0 Å². The summed E-state index contributed by atoms with van der Waals surface area (Å²) in [7, 11) is 1.51. The number of H-pyrrole nitrogens is 1. The average Bonchev–Trinajstić information content (AvgIpc) is 2.90. The normalized spacial score (nSPS) is 15.2. The summed E-state index contributed by atoms with van der Waals surface area (Å²) in [6.07, 6.45) is 0. The van der Waals surface area contributed by atoms with E-state index in [2.05, 4.69) is 4.98 Å². The van der Waals surface area contributed by atoms with Crippen LogP contribution in [0, 0.1) is 6.92 Å². The molecule has 1 fully saturated rings. The highest BCUT2D eigenvalue weighted by atomic mass is 16.5. The van der Waals surface area contributed by atoms with Crippen molar-refractivity contribution in [3.63, 3.8) is 0 Å². The maximum atomic E-state index is 12.9. The minimum absolute atomic E-state index is 0.0251. The van der Waals surface area contributed by atoms with Gasteiger partial charge in [0.1, 0.15) is 6.61 Å². The molecule has 0 unspecified atom stereocenters. The highest BCUT2D eigenvalue weighted by Gasteiger charge is 2.27. The first-order valence-electron chi connectivity index (χ1n) is 7.75. The van der Waals surface area contributed by atoms with Crippen LogP contribution in [0.3, 0.4) is 0 Å². The third-order valence-corrected chi connectivity index (χ3v) is 4.29. The van der Waals surface area contributed by atoms with Gasteiger partial charge in [0.15, 0.2) is 0 Å². The molecule has 0 radical (unpaired) electrons. The fourth-order valence-corrected chi connectivity index (χ4v) is 3.08. The highest BCUT2D eigenvalue weighted by Crippen LogP contribution is 2.23. The van der Waals surface area contributed by atoms with Gasteiger partial charge < -0.3 is 19.5 Å². The Morgan fingerprint density at radius 3 is 2.48 bits per heavy atom. The number of carbonyl (C=O) groups excluding carboxylic acids is 2. The number of piperazine rings is 1. The molecule has 1 saturated heterocycles. The summed E-state index contributed by atoms with van der Waals surface area (Å²) >= 11 is 0. The zero-order valence-electron chi connectivity index (χ0n) is 13.5. The van der Waals surface area contributed by atoms with Gasteiger partial charge in [-0.15, -0.1) is 0 Å². The number of aryl methyl sites for hydroxylation is 1. The monoisotopic (exact) mass is 315 g/mol. The van der Waals surface area contributed by atoms with Crippen LogP contribution in [0.25, 0.3) is 10.9 Å². The predicted molar refractivity (Wildman–Crippen MR) is 87.4 cm³/mol. The van der Waals surface area contributed by atoms with Crippen molar-refractivity contribution in [2.45, 2.75) is 6.92 Å². The second kappa shape index (κ2) is 6.42. The number of aromatic amines is 1. The molecule has 3 rings (SSSR count). The van der Waals surface area contributed by atoms with E-state index >= 15 is 0 Å². The van der Waals surface area contributed by atoms with Crippen LogP contribution >= 0.6 is 0 Å². The lowest BCUT2D eigenvalue weighted by Gasteiger charge is -2.34. The Morgan fingerprint density at radius 2 is 1.78 bits per heavy atom. The molecule has 0 spiro atoms. The molecule has 122 valence electrons. The molecule has 1 aliphatic heterocycles. The maximum absolute atomic E-state index is 12.9. The fraction of sp³-hybridized carbons (Fsp3) is 0.412. The maximum Gasteiger partial charge on any atom is 0.256 e. The van der Waals surface area contributed by atoms with Crippen LogP contribution in [-0.2, 0) is 9.53 Å². The molecule has 0 atom stereocenters. The van der Waals surface area contributed by atoms with Crippen molar-refractivity contribution in [2.75, 3.05) is 39.9 Å². The molecule has 2 amide bonds. The number of fused-ring (bicyclic) bond motifs is 1. The molecule has 0 saturated carbocycles. The Balaban J connectivity index is 1.74. The third kappa shape index (κ3) is 2.94. The van der Waals surface area contributed by atoms with Crippen LogP contribution < -0.4 is 0 Å². The Hall–Kier alpha value is -2.34. The van der Waals surface area contributed by atoms with Crippen LogP contribution in [0.5, 0.6) is 0 Å². The molecule has 6 heteroatoms. The smallest absolute Gasteiger partial charge is 0.256 e. The lowest BCUT2D eigenvalue weighted by Crippen LogP contribution is -2.51. The van der Waals surface area contributed by atoms with Gasteiger partial charge in [0.25, 0.3) is 5.91 Å². The Labute approximate surface area is 135 Å². The minimum atomic E-state index is -0.0251. The predicted octanol–water partition coefficient (Wildman–Crippen LogP) is 1.41. The first-order valence-corrected chi connectivity index (χ1v) is 7.75. The number of nitrogens with one attached hydrogen (secondary N) is 1. The number of rotatable bonds is 3. The van der Waals surface area contributed by atoms with Gasteiger partial charge >= 0.3 is 0 Å². The van der Waals surface area contributed by atoms with Gasteiger partial charge in [0.05, 0.1) is 5.56 Å². The topological polar surface area (TPSA) is 65.6 Å². The van der Waals surface area contributed by atoms with E-state index in [1.165, 1.54) is 7.11 Å². The zero-order valence-corrected chi connectivity index (χ0v) is 13.5. The SMILES string of the molecule is COCC(=O)N1CCN(C(=O)c2c(C)[nH]c3ccccc23)CC1. The summed E-state index contributed by atoms with van der Waals surface area (Å²) in [5, 5.41) is 0.952. The van der Waals surface area contributed by atoms with E-state index in [1.807, 2.05) is 36.1 Å². The lowest BCUT2D eigenvalue weighted by atomic mass is 10.1. The summed E-state index contributed by atoms with van der Waals surface area (Å²) < 4.78 is 4.88. The van der Waals surface area contributed by atoms with E-state index in [0.717, 1.165) is 22.2 Å². The van der Waals surface area contributed by atoms with Gasteiger partial charge in [-0.3, -0.25) is 9.59 Å². The van der Waals surface area contributed by atoms with Gasteiger partial charge in [-0.2, -0.15) is 0 Å². The van der Waals surface area contributed by atoms with Crippen molar-refractivity contribution in [1.82, 2.24) is 14.8 Å². The van der Waals surface area contributed by atoms with E-state index < -0.39 is 0 Å². The Morgan fingerprint density at radius 1 is 1.13 bits per heavy atom. The summed E-state index contributed by atoms with van der Waals surface area (Å²) in [4.78, 5) is 31.5. The quantitative estimate of drug-likeness (QED) is 0.931. The van der Waals surface area contributed by atoms with Crippen LogP contribution in [-0.4, -0.2) is 66.5 Å². The number of benzene rings is 1. The van der Waals surface area contributed by atoms with Crippen molar-refractivity contribution in [3.8, 4) is 0 Å². The van der Waals surface area contributed by atoms with E-state index in [-0.39, 0.29) is 18.4 Å². The van der Waals surface area contributed by atoms with E-state index in [4.69, 9.17) is 4.74 Å². The van der Waals surface area contributed by atoms with Gasteiger partial charge in [0, 0.05) is 49.9 Å². The number of aromatic nitrogens is 1. The largest absolute Gasteiger partial charge is 0.375 e. The number of amides is 2. The fourth-order valence-electron chi connectivity index (χ4n) is 3.08. The number of carbonyl (C=O) groups is 2. The number of para-hydroxylation sites is 1. The average molecular weight is 315 g/mol. The summed E-state index contributed by atoms with van der Waals surface area (Å²) in [5.74, 6) is 0.00154. The lowest BCUT2D eigenvalue weighted by molar-refractivity contribution is -0.136. The van der Waals surface area contributed by atoms with Gasteiger partial charge in [0.2, 0.25) is 5.91 Å².